The molecule has 3 heteroatoms. The quantitative estimate of drug-likeness (QED) is 0.761. The highest BCUT2D eigenvalue weighted by Crippen LogP contribution is 2.41. The minimum Gasteiger partial charge on any atom is -0.377 e. The maximum atomic E-state index is 5.89. The zero-order valence-electron chi connectivity index (χ0n) is 10.0. The van der Waals surface area contributed by atoms with Crippen molar-refractivity contribution in [3.05, 3.63) is 0 Å². The van der Waals surface area contributed by atoms with E-state index in [-0.39, 0.29) is 0 Å². The molecule has 2 rings (SSSR count). The fraction of sp³-hybridized carbons (Fsp3) is 1.00. The van der Waals surface area contributed by atoms with Gasteiger partial charge in [0.05, 0.1) is 6.10 Å². The lowest BCUT2D eigenvalue weighted by Gasteiger charge is -2.45. The second-order valence-electron chi connectivity index (χ2n) is 5.40. The molecule has 88 valence electrons. The molecule has 1 aliphatic heterocycles. The first-order valence-corrected chi connectivity index (χ1v) is 6.19. The van der Waals surface area contributed by atoms with E-state index in [1.165, 1.54) is 25.7 Å². The second-order valence-corrected chi connectivity index (χ2v) is 5.40. The summed E-state index contributed by atoms with van der Waals surface area (Å²) in [5.41, 5.74) is 6.32. The van der Waals surface area contributed by atoms with Crippen molar-refractivity contribution < 1.29 is 4.74 Å². The third kappa shape index (κ3) is 2.19. The monoisotopic (exact) mass is 212 g/mol. The van der Waals surface area contributed by atoms with E-state index in [0.717, 1.165) is 19.7 Å². The number of nitrogens with zero attached hydrogens (tertiary/aromatic N) is 1. The molecular weight excluding hydrogens is 188 g/mol. The molecule has 1 saturated carbocycles. The summed E-state index contributed by atoms with van der Waals surface area (Å²) in [6.45, 7) is 5.11. The molecule has 3 nitrogen and oxygen atoms in total. The van der Waals surface area contributed by atoms with Gasteiger partial charge in [0.2, 0.25) is 0 Å². The van der Waals surface area contributed by atoms with Crippen molar-refractivity contribution in [2.24, 2.45) is 11.1 Å². The first-order valence-electron chi connectivity index (χ1n) is 6.19. The summed E-state index contributed by atoms with van der Waals surface area (Å²) in [6, 6.07) is 0.606. The van der Waals surface area contributed by atoms with Gasteiger partial charge in [0.25, 0.3) is 0 Å². The summed E-state index contributed by atoms with van der Waals surface area (Å²) in [5, 5.41) is 0. The predicted molar refractivity (Wildman–Crippen MR) is 61.8 cm³/mol. The van der Waals surface area contributed by atoms with Crippen LogP contribution in [0.1, 0.15) is 32.6 Å². The largest absolute Gasteiger partial charge is 0.377 e. The zero-order valence-corrected chi connectivity index (χ0v) is 10.0. The van der Waals surface area contributed by atoms with Crippen LogP contribution < -0.4 is 5.73 Å². The highest BCUT2D eigenvalue weighted by molar-refractivity contribution is 4.93. The van der Waals surface area contributed by atoms with Crippen molar-refractivity contribution in [2.75, 3.05) is 26.7 Å². The Balaban J connectivity index is 1.88. The average Bonchev–Trinajstić information content (AvgIpc) is 2.58. The zero-order chi connectivity index (χ0) is 10.9. The normalized spacial score (nSPS) is 34.4. The van der Waals surface area contributed by atoms with Crippen LogP contribution in [0, 0.1) is 5.41 Å². The van der Waals surface area contributed by atoms with E-state index in [0.29, 0.717) is 17.6 Å². The van der Waals surface area contributed by atoms with Gasteiger partial charge < -0.3 is 15.4 Å². The molecule has 2 N–H and O–H groups in total. The lowest BCUT2D eigenvalue weighted by molar-refractivity contribution is 0.0369. The summed E-state index contributed by atoms with van der Waals surface area (Å²) in [7, 11) is 2.23. The van der Waals surface area contributed by atoms with Crippen LogP contribution in [0.4, 0.5) is 0 Å². The summed E-state index contributed by atoms with van der Waals surface area (Å²) in [5.74, 6) is 0. The van der Waals surface area contributed by atoms with Gasteiger partial charge in [0.1, 0.15) is 0 Å². The van der Waals surface area contributed by atoms with Crippen LogP contribution in [-0.4, -0.2) is 43.8 Å². The number of rotatable bonds is 4. The molecular formula is C12H24N2O. The number of nitrogens with two attached hydrogens (primary N) is 1. The highest BCUT2D eigenvalue weighted by atomic mass is 16.5. The Morgan fingerprint density at radius 3 is 2.60 bits per heavy atom. The van der Waals surface area contributed by atoms with Crippen LogP contribution in [0.25, 0.3) is 0 Å². The van der Waals surface area contributed by atoms with E-state index < -0.39 is 0 Å². The maximum Gasteiger partial charge on any atom is 0.0702 e. The number of hydrogen-bond acceptors (Lipinski definition) is 3. The van der Waals surface area contributed by atoms with Crippen LogP contribution in [0.15, 0.2) is 0 Å². The molecule has 2 fully saturated rings. The van der Waals surface area contributed by atoms with Gasteiger partial charge >= 0.3 is 0 Å². The van der Waals surface area contributed by atoms with E-state index in [1.807, 2.05) is 0 Å². The fourth-order valence-corrected chi connectivity index (χ4v) is 3.05. The van der Waals surface area contributed by atoms with Crippen LogP contribution >= 0.6 is 0 Å². The van der Waals surface area contributed by atoms with E-state index in [4.69, 9.17) is 10.5 Å². The number of ether oxygens (including phenoxy) is 1. The Kier molecular flexibility index (Phi) is 3.33. The predicted octanol–water partition coefficient (Wildman–Crippen LogP) is 1.22. The highest BCUT2D eigenvalue weighted by Gasteiger charge is 2.39. The first kappa shape index (κ1) is 11.4. The summed E-state index contributed by atoms with van der Waals surface area (Å²) in [6.07, 6.45) is 5.57. The summed E-state index contributed by atoms with van der Waals surface area (Å²) in [4.78, 5) is 2.48. The van der Waals surface area contributed by atoms with Crippen molar-refractivity contribution >= 4 is 0 Å². The summed E-state index contributed by atoms with van der Waals surface area (Å²) >= 11 is 0. The van der Waals surface area contributed by atoms with Crippen LogP contribution in [-0.2, 0) is 4.74 Å². The van der Waals surface area contributed by atoms with E-state index >= 15 is 0 Å². The Morgan fingerprint density at radius 1 is 1.47 bits per heavy atom. The minimum atomic E-state index is 0.393. The molecule has 2 atom stereocenters. The van der Waals surface area contributed by atoms with Crippen LogP contribution in [0.2, 0.25) is 0 Å². The van der Waals surface area contributed by atoms with Crippen molar-refractivity contribution in [1.29, 1.82) is 0 Å². The molecule has 2 unspecified atom stereocenters. The second kappa shape index (κ2) is 4.40. The van der Waals surface area contributed by atoms with Gasteiger partial charge in [-0.05, 0) is 45.2 Å². The standard InChI is InChI=1S/C12H24N2O/c1-10-11(4-7-15-10)14(2)9-12(8-13)5-3-6-12/h10-11H,3-9,13H2,1-2H3. The Bertz CT molecular complexity index is 210. The molecule has 0 aromatic rings. The maximum absolute atomic E-state index is 5.89. The van der Waals surface area contributed by atoms with Crippen molar-refractivity contribution in [2.45, 2.75) is 44.8 Å². The van der Waals surface area contributed by atoms with Crippen molar-refractivity contribution in [1.82, 2.24) is 4.90 Å². The third-order valence-corrected chi connectivity index (χ3v) is 4.33. The Hall–Kier alpha value is -0.120. The van der Waals surface area contributed by atoms with E-state index in [1.54, 1.807) is 0 Å². The topological polar surface area (TPSA) is 38.5 Å². The molecule has 0 bridgehead atoms. The van der Waals surface area contributed by atoms with Gasteiger partial charge in [-0.15, -0.1) is 0 Å². The fourth-order valence-electron chi connectivity index (χ4n) is 3.05. The molecule has 2 aliphatic rings. The molecule has 1 heterocycles. The molecule has 0 spiro atoms. The number of hydrogen-bond donors (Lipinski definition) is 1. The van der Waals surface area contributed by atoms with Crippen molar-refractivity contribution in [3.63, 3.8) is 0 Å². The first-order chi connectivity index (χ1) is 7.17. The Labute approximate surface area is 93.0 Å². The lowest BCUT2D eigenvalue weighted by Crippen LogP contribution is -2.50. The minimum absolute atomic E-state index is 0.393. The molecule has 0 aromatic heterocycles. The van der Waals surface area contributed by atoms with Crippen LogP contribution in [0.5, 0.6) is 0 Å². The van der Waals surface area contributed by atoms with Crippen molar-refractivity contribution in [3.8, 4) is 0 Å². The lowest BCUT2D eigenvalue weighted by atomic mass is 9.68. The molecule has 0 radical (unpaired) electrons. The van der Waals surface area contributed by atoms with Gasteiger partial charge in [-0.2, -0.15) is 0 Å². The molecule has 15 heavy (non-hydrogen) atoms. The van der Waals surface area contributed by atoms with Gasteiger partial charge in [-0.25, -0.2) is 0 Å². The molecule has 1 saturated heterocycles. The van der Waals surface area contributed by atoms with E-state index in [2.05, 4.69) is 18.9 Å². The smallest absolute Gasteiger partial charge is 0.0702 e. The summed E-state index contributed by atoms with van der Waals surface area (Å²) < 4.78 is 5.61. The molecule has 0 amide bonds. The van der Waals surface area contributed by atoms with Crippen LogP contribution in [0.3, 0.4) is 0 Å². The van der Waals surface area contributed by atoms with Gasteiger partial charge in [-0.1, -0.05) is 6.42 Å². The van der Waals surface area contributed by atoms with Gasteiger partial charge in [-0.3, -0.25) is 0 Å². The number of likely N-dealkylation sites (N-methyl/N-ethyl adjacent to an activating group) is 1. The SMILES string of the molecule is CC1OCCC1N(C)CC1(CN)CCC1. The molecule has 0 aromatic carbocycles. The third-order valence-electron chi connectivity index (χ3n) is 4.33. The van der Waals surface area contributed by atoms with Gasteiger partial charge in [0.15, 0.2) is 0 Å². The van der Waals surface area contributed by atoms with E-state index in [9.17, 15) is 0 Å². The average molecular weight is 212 g/mol. The Morgan fingerprint density at radius 2 is 2.20 bits per heavy atom. The van der Waals surface area contributed by atoms with Gasteiger partial charge in [0, 0.05) is 19.2 Å². The molecule has 1 aliphatic carbocycles.